The van der Waals surface area contributed by atoms with Crippen molar-refractivity contribution >= 4 is 23.7 Å². The van der Waals surface area contributed by atoms with Crippen LogP contribution in [0.4, 0.5) is 0 Å². The lowest BCUT2D eigenvalue weighted by Crippen LogP contribution is -2.19. The zero-order chi connectivity index (χ0) is 7.68. The fraction of sp³-hybridized carbons (Fsp3) is 0.571. The van der Waals surface area contributed by atoms with Gasteiger partial charge in [0.25, 0.3) is 0 Å². The second kappa shape index (κ2) is 4.07. The topological polar surface area (TPSA) is 48.1 Å². The standard InChI is InChI=1S/C7H10N2OS.ClH/c8-3-5-1-2-10-7-6(5)11-4-9-7;/h4-5H,1-3,8H2;1H. The first-order valence-corrected chi connectivity index (χ1v) is 4.56. The molecule has 0 radical (unpaired) electrons. The van der Waals surface area contributed by atoms with Crippen LogP contribution >= 0.6 is 23.7 Å². The van der Waals surface area contributed by atoms with E-state index in [9.17, 15) is 0 Å². The largest absolute Gasteiger partial charge is 0.477 e. The van der Waals surface area contributed by atoms with Crippen molar-refractivity contribution in [2.24, 2.45) is 5.73 Å². The van der Waals surface area contributed by atoms with Crippen molar-refractivity contribution in [3.05, 3.63) is 10.4 Å². The number of nitrogens with zero attached hydrogens (tertiary/aromatic N) is 1. The van der Waals surface area contributed by atoms with Crippen LogP contribution in [0.25, 0.3) is 0 Å². The molecule has 1 aliphatic rings. The Kier molecular flexibility index (Phi) is 3.31. The van der Waals surface area contributed by atoms with Gasteiger partial charge in [-0.2, -0.15) is 0 Å². The molecular weight excluding hydrogens is 196 g/mol. The van der Waals surface area contributed by atoms with E-state index in [4.69, 9.17) is 10.5 Å². The first-order chi connectivity index (χ1) is 5.42. The van der Waals surface area contributed by atoms with E-state index >= 15 is 0 Å². The number of halogens is 1. The zero-order valence-corrected chi connectivity index (χ0v) is 8.16. The Morgan fingerprint density at radius 1 is 1.75 bits per heavy atom. The lowest BCUT2D eigenvalue weighted by molar-refractivity contribution is 0.262. The van der Waals surface area contributed by atoms with Crippen molar-refractivity contribution in [1.29, 1.82) is 0 Å². The van der Waals surface area contributed by atoms with E-state index in [1.54, 1.807) is 11.3 Å². The fourth-order valence-electron chi connectivity index (χ4n) is 1.28. The number of thiazole rings is 1. The highest BCUT2D eigenvalue weighted by atomic mass is 35.5. The van der Waals surface area contributed by atoms with Gasteiger partial charge in [0.1, 0.15) is 0 Å². The Bertz CT molecular complexity index is 253. The van der Waals surface area contributed by atoms with Crippen LogP contribution in [-0.4, -0.2) is 18.1 Å². The molecule has 2 rings (SSSR count). The van der Waals surface area contributed by atoms with Gasteiger partial charge >= 0.3 is 0 Å². The van der Waals surface area contributed by atoms with Crippen LogP contribution in [0.15, 0.2) is 5.51 Å². The summed E-state index contributed by atoms with van der Waals surface area (Å²) in [5, 5.41) is 0. The first kappa shape index (κ1) is 9.77. The Labute approximate surface area is 81.4 Å². The van der Waals surface area contributed by atoms with Crippen molar-refractivity contribution < 1.29 is 4.74 Å². The molecule has 1 aliphatic heterocycles. The van der Waals surface area contributed by atoms with Crippen LogP contribution in [0.3, 0.4) is 0 Å². The molecule has 0 spiro atoms. The van der Waals surface area contributed by atoms with Gasteiger partial charge in [-0.3, -0.25) is 0 Å². The maximum atomic E-state index is 5.60. The quantitative estimate of drug-likeness (QED) is 0.756. The molecule has 1 unspecified atom stereocenters. The normalized spacial score (nSPS) is 20.6. The average Bonchev–Trinajstić information content (AvgIpc) is 2.50. The molecular formula is C7H11ClN2OS. The summed E-state index contributed by atoms with van der Waals surface area (Å²) >= 11 is 1.64. The summed E-state index contributed by atoms with van der Waals surface area (Å²) in [5.74, 6) is 1.28. The number of fused-ring (bicyclic) bond motifs is 1. The predicted octanol–water partition coefficient (Wildman–Crippen LogP) is 1.39. The average molecular weight is 207 g/mol. The van der Waals surface area contributed by atoms with Crippen molar-refractivity contribution in [2.45, 2.75) is 12.3 Å². The SMILES string of the molecule is Cl.NCC1CCOc2ncsc21. The van der Waals surface area contributed by atoms with Gasteiger partial charge in [-0.05, 0) is 6.42 Å². The molecule has 68 valence electrons. The minimum atomic E-state index is 0. The van der Waals surface area contributed by atoms with Crippen LogP contribution < -0.4 is 10.5 Å². The lowest BCUT2D eigenvalue weighted by Gasteiger charge is -2.19. The number of nitrogens with two attached hydrogens (primary N) is 1. The summed E-state index contributed by atoms with van der Waals surface area (Å²) in [7, 11) is 0. The Balaban J connectivity index is 0.000000720. The van der Waals surface area contributed by atoms with E-state index in [2.05, 4.69) is 4.98 Å². The smallest absolute Gasteiger partial charge is 0.227 e. The van der Waals surface area contributed by atoms with E-state index < -0.39 is 0 Å². The van der Waals surface area contributed by atoms with Gasteiger partial charge in [0.05, 0.1) is 17.0 Å². The molecule has 0 fully saturated rings. The molecule has 0 saturated carbocycles. The minimum Gasteiger partial charge on any atom is -0.477 e. The lowest BCUT2D eigenvalue weighted by atomic mass is 10.0. The molecule has 3 nitrogen and oxygen atoms in total. The number of hydrogen-bond donors (Lipinski definition) is 1. The van der Waals surface area contributed by atoms with E-state index in [1.807, 2.05) is 5.51 Å². The summed E-state index contributed by atoms with van der Waals surface area (Å²) in [6, 6.07) is 0. The Morgan fingerprint density at radius 3 is 3.33 bits per heavy atom. The second-order valence-electron chi connectivity index (χ2n) is 2.59. The third kappa shape index (κ3) is 1.55. The minimum absolute atomic E-state index is 0. The third-order valence-electron chi connectivity index (χ3n) is 1.92. The highest BCUT2D eigenvalue weighted by molar-refractivity contribution is 7.10. The van der Waals surface area contributed by atoms with Crippen molar-refractivity contribution in [3.8, 4) is 5.88 Å². The zero-order valence-electron chi connectivity index (χ0n) is 6.53. The van der Waals surface area contributed by atoms with Crippen molar-refractivity contribution in [3.63, 3.8) is 0 Å². The maximum absolute atomic E-state index is 5.60. The summed E-state index contributed by atoms with van der Waals surface area (Å²) in [6.45, 7) is 1.47. The Hall–Kier alpha value is -0.320. The molecule has 2 N–H and O–H groups in total. The molecule has 0 saturated heterocycles. The molecule has 0 bridgehead atoms. The molecule has 5 heteroatoms. The monoisotopic (exact) mass is 206 g/mol. The van der Waals surface area contributed by atoms with E-state index in [0.29, 0.717) is 12.5 Å². The van der Waals surface area contributed by atoms with Crippen LogP contribution in [-0.2, 0) is 0 Å². The van der Waals surface area contributed by atoms with Gasteiger partial charge < -0.3 is 10.5 Å². The molecule has 0 amide bonds. The molecule has 12 heavy (non-hydrogen) atoms. The van der Waals surface area contributed by atoms with Crippen LogP contribution in [0.1, 0.15) is 17.2 Å². The van der Waals surface area contributed by atoms with Gasteiger partial charge in [0.15, 0.2) is 0 Å². The fourth-order valence-corrected chi connectivity index (χ4v) is 2.16. The van der Waals surface area contributed by atoms with Crippen LogP contribution in [0.2, 0.25) is 0 Å². The summed E-state index contributed by atoms with van der Waals surface area (Å²) in [5.41, 5.74) is 7.42. The highest BCUT2D eigenvalue weighted by Gasteiger charge is 2.22. The van der Waals surface area contributed by atoms with Gasteiger partial charge in [-0.1, -0.05) is 0 Å². The van der Waals surface area contributed by atoms with Crippen LogP contribution in [0, 0.1) is 0 Å². The van der Waals surface area contributed by atoms with Gasteiger partial charge in [0, 0.05) is 12.5 Å². The second-order valence-corrected chi connectivity index (χ2v) is 3.48. The van der Waals surface area contributed by atoms with E-state index in [-0.39, 0.29) is 12.4 Å². The number of ether oxygens (including phenoxy) is 1. The van der Waals surface area contributed by atoms with Gasteiger partial charge in [-0.25, -0.2) is 4.98 Å². The molecule has 1 aromatic heterocycles. The summed E-state index contributed by atoms with van der Waals surface area (Å²) in [6.07, 6.45) is 1.03. The highest BCUT2D eigenvalue weighted by Crippen LogP contribution is 2.34. The summed E-state index contributed by atoms with van der Waals surface area (Å²) < 4.78 is 5.34. The van der Waals surface area contributed by atoms with Crippen LogP contribution in [0.5, 0.6) is 5.88 Å². The molecule has 0 aromatic carbocycles. The van der Waals surface area contributed by atoms with Gasteiger partial charge in [-0.15, -0.1) is 23.7 Å². The predicted molar refractivity (Wildman–Crippen MR) is 51.3 cm³/mol. The molecule has 2 heterocycles. The molecule has 1 atom stereocenters. The van der Waals surface area contributed by atoms with E-state index in [0.717, 1.165) is 18.9 Å². The number of rotatable bonds is 1. The van der Waals surface area contributed by atoms with E-state index in [1.165, 1.54) is 4.88 Å². The van der Waals surface area contributed by atoms with Crippen molar-refractivity contribution in [2.75, 3.05) is 13.2 Å². The third-order valence-corrected chi connectivity index (χ3v) is 2.89. The van der Waals surface area contributed by atoms with Gasteiger partial charge in [0.2, 0.25) is 5.88 Å². The summed E-state index contributed by atoms with van der Waals surface area (Å²) in [4.78, 5) is 5.32. The molecule has 0 aliphatic carbocycles. The number of aromatic nitrogens is 1. The Morgan fingerprint density at radius 2 is 2.58 bits per heavy atom. The van der Waals surface area contributed by atoms with Crippen molar-refractivity contribution in [1.82, 2.24) is 4.98 Å². The maximum Gasteiger partial charge on any atom is 0.227 e. The number of hydrogen-bond acceptors (Lipinski definition) is 4. The first-order valence-electron chi connectivity index (χ1n) is 3.68. The molecule has 1 aromatic rings.